The van der Waals surface area contributed by atoms with Crippen molar-refractivity contribution in [3.05, 3.63) is 32.6 Å². The van der Waals surface area contributed by atoms with Gasteiger partial charge in [-0.1, -0.05) is 0 Å². The molecular formula is C11H19N3O4. The van der Waals surface area contributed by atoms with Crippen LogP contribution in [0.4, 0.5) is 0 Å². The van der Waals surface area contributed by atoms with Gasteiger partial charge in [0.25, 0.3) is 5.56 Å². The van der Waals surface area contributed by atoms with Gasteiger partial charge in [-0.2, -0.15) is 0 Å². The number of aliphatic hydroxyl groups excluding tert-OH is 1. The molecule has 0 aliphatic heterocycles. The van der Waals surface area contributed by atoms with E-state index in [1.54, 1.807) is 6.92 Å². The van der Waals surface area contributed by atoms with Gasteiger partial charge in [0.1, 0.15) is 6.73 Å². The van der Waals surface area contributed by atoms with Crippen molar-refractivity contribution in [2.45, 2.75) is 13.7 Å². The Hall–Kier alpha value is -1.44. The largest absolute Gasteiger partial charge is 0.395 e. The Morgan fingerprint density at radius 3 is 2.83 bits per heavy atom. The Morgan fingerprint density at radius 2 is 2.17 bits per heavy atom. The van der Waals surface area contributed by atoms with Gasteiger partial charge in [0.05, 0.1) is 13.2 Å². The Bertz CT molecular complexity index is 480. The number of aromatic amines is 1. The molecule has 102 valence electrons. The van der Waals surface area contributed by atoms with Gasteiger partial charge in [0.15, 0.2) is 0 Å². The van der Waals surface area contributed by atoms with Crippen LogP contribution >= 0.6 is 0 Å². The highest BCUT2D eigenvalue weighted by molar-refractivity contribution is 5.00. The molecule has 0 unspecified atom stereocenters. The topological polar surface area (TPSA) is 87.6 Å². The number of H-pyrrole nitrogens is 1. The third-order valence-electron chi connectivity index (χ3n) is 2.52. The van der Waals surface area contributed by atoms with Crippen molar-refractivity contribution in [1.82, 2.24) is 14.5 Å². The molecule has 0 radical (unpaired) electrons. The predicted octanol–water partition coefficient (Wildman–Crippen LogP) is -1.26. The summed E-state index contributed by atoms with van der Waals surface area (Å²) in [6, 6.07) is 0. The molecule has 0 atom stereocenters. The standard InChI is InChI=1S/C11H19N3O4/c1-9-7-14(11(17)12-10(9)16)8-18-6-4-13(2)3-5-15/h7,15H,3-6,8H2,1-2H3,(H,12,16,17). The van der Waals surface area contributed by atoms with E-state index >= 15 is 0 Å². The van der Waals surface area contributed by atoms with Gasteiger partial charge in [-0.15, -0.1) is 0 Å². The van der Waals surface area contributed by atoms with E-state index in [0.29, 0.717) is 25.3 Å². The van der Waals surface area contributed by atoms with Crippen LogP contribution in [-0.2, 0) is 11.5 Å². The summed E-state index contributed by atoms with van der Waals surface area (Å²) >= 11 is 0. The Balaban J connectivity index is 2.43. The van der Waals surface area contributed by atoms with E-state index in [0.717, 1.165) is 0 Å². The van der Waals surface area contributed by atoms with Crippen molar-refractivity contribution in [2.24, 2.45) is 0 Å². The molecule has 18 heavy (non-hydrogen) atoms. The van der Waals surface area contributed by atoms with Crippen molar-refractivity contribution >= 4 is 0 Å². The van der Waals surface area contributed by atoms with E-state index in [1.807, 2.05) is 11.9 Å². The lowest BCUT2D eigenvalue weighted by Gasteiger charge is -2.15. The van der Waals surface area contributed by atoms with Gasteiger partial charge < -0.3 is 14.7 Å². The van der Waals surface area contributed by atoms with Crippen LogP contribution in [0, 0.1) is 6.92 Å². The lowest BCUT2D eigenvalue weighted by Crippen LogP contribution is -2.32. The summed E-state index contributed by atoms with van der Waals surface area (Å²) in [6.07, 6.45) is 1.47. The van der Waals surface area contributed by atoms with Crippen molar-refractivity contribution < 1.29 is 9.84 Å². The van der Waals surface area contributed by atoms with Crippen LogP contribution in [0.2, 0.25) is 0 Å². The van der Waals surface area contributed by atoms with Gasteiger partial charge in [0, 0.05) is 24.8 Å². The monoisotopic (exact) mass is 257 g/mol. The summed E-state index contributed by atoms with van der Waals surface area (Å²) in [7, 11) is 1.87. The molecular weight excluding hydrogens is 238 g/mol. The molecule has 0 saturated carbocycles. The van der Waals surface area contributed by atoms with E-state index in [1.165, 1.54) is 10.8 Å². The summed E-state index contributed by atoms with van der Waals surface area (Å²) < 4.78 is 6.64. The number of nitrogens with one attached hydrogen (secondary N) is 1. The summed E-state index contributed by atoms with van der Waals surface area (Å²) in [5.41, 5.74) is -0.385. The summed E-state index contributed by atoms with van der Waals surface area (Å²) in [4.78, 5) is 26.7. The first-order valence-corrected chi connectivity index (χ1v) is 5.72. The maximum atomic E-state index is 11.4. The fraction of sp³-hybridized carbons (Fsp3) is 0.636. The minimum atomic E-state index is -0.477. The molecule has 2 N–H and O–H groups in total. The third kappa shape index (κ3) is 4.44. The number of nitrogens with zero attached hydrogens (tertiary/aromatic N) is 2. The highest BCUT2D eigenvalue weighted by atomic mass is 16.5. The van der Waals surface area contributed by atoms with Crippen molar-refractivity contribution in [3.8, 4) is 0 Å². The molecule has 0 bridgehead atoms. The fourth-order valence-corrected chi connectivity index (χ4v) is 1.38. The Morgan fingerprint density at radius 1 is 1.44 bits per heavy atom. The highest BCUT2D eigenvalue weighted by Gasteiger charge is 2.01. The zero-order chi connectivity index (χ0) is 13.5. The third-order valence-corrected chi connectivity index (χ3v) is 2.52. The van der Waals surface area contributed by atoms with E-state index < -0.39 is 5.69 Å². The smallest absolute Gasteiger partial charge is 0.330 e. The average Bonchev–Trinajstić information content (AvgIpc) is 2.31. The molecule has 0 aromatic carbocycles. The number of aryl methyl sites for hydroxylation is 1. The maximum absolute atomic E-state index is 11.4. The second-order valence-electron chi connectivity index (χ2n) is 4.11. The van der Waals surface area contributed by atoms with Gasteiger partial charge in [-0.3, -0.25) is 14.3 Å². The van der Waals surface area contributed by atoms with Crippen LogP contribution in [0.3, 0.4) is 0 Å². The SMILES string of the molecule is Cc1cn(COCCN(C)CCO)c(=O)[nH]c1=O. The first kappa shape index (κ1) is 14.6. The zero-order valence-electron chi connectivity index (χ0n) is 10.7. The summed E-state index contributed by atoms with van der Waals surface area (Å²) in [5.74, 6) is 0. The van der Waals surface area contributed by atoms with Gasteiger partial charge >= 0.3 is 5.69 Å². The second kappa shape index (κ2) is 7.10. The van der Waals surface area contributed by atoms with Gasteiger partial charge in [-0.05, 0) is 14.0 Å². The van der Waals surface area contributed by atoms with Crippen LogP contribution in [0.25, 0.3) is 0 Å². The van der Waals surface area contributed by atoms with Crippen molar-refractivity contribution in [3.63, 3.8) is 0 Å². The second-order valence-corrected chi connectivity index (χ2v) is 4.11. The Kier molecular flexibility index (Phi) is 5.76. The van der Waals surface area contributed by atoms with Crippen LogP contribution < -0.4 is 11.2 Å². The summed E-state index contributed by atoms with van der Waals surface area (Å²) in [5, 5.41) is 8.70. The van der Waals surface area contributed by atoms with Gasteiger partial charge in [0.2, 0.25) is 0 Å². The van der Waals surface area contributed by atoms with E-state index in [-0.39, 0.29) is 18.9 Å². The van der Waals surface area contributed by atoms with E-state index in [4.69, 9.17) is 9.84 Å². The molecule has 0 fully saturated rings. The van der Waals surface area contributed by atoms with Gasteiger partial charge in [-0.25, -0.2) is 4.79 Å². The number of aromatic nitrogens is 2. The van der Waals surface area contributed by atoms with Crippen LogP contribution in [0.1, 0.15) is 5.56 Å². The molecule has 1 rings (SSSR count). The number of hydrogen-bond donors (Lipinski definition) is 2. The van der Waals surface area contributed by atoms with E-state index in [9.17, 15) is 9.59 Å². The minimum Gasteiger partial charge on any atom is -0.395 e. The lowest BCUT2D eigenvalue weighted by atomic mass is 10.4. The minimum absolute atomic E-state index is 0.101. The Labute approximate surface area is 105 Å². The molecule has 0 amide bonds. The number of ether oxygens (including phenoxy) is 1. The fourth-order valence-electron chi connectivity index (χ4n) is 1.38. The normalized spacial score (nSPS) is 11.1. The molecule has 0 aliphatic carbocycles. The maximum Gasteiger partial charge on any atom is 0.330 e. The van der Waals surface area contributed by atoms with Crippen LogP contribution in [0.5, 0.6) is 0 Å². The number of likely N-dealkylation sites (N-methyl/N-ethyl adjacent to an activating group) is 1. The molecule has 7 nitrogen and oxygen atoms in total. The predicted molar refractivity (Wildman–Crippen MR) is 66.6 cm³/mol. The van der Waals surface area contributed by atoms with Crippen LogP contribution in [-0.4, -0.2) is 52.9 Å². The number of aliphatic hydroxyl groups is 1. The number of hydrogen-bond acceptors (Lipinski definition) is 5. The molecule has 1 aromatic heterocycles. The quantitative estimate of drug-likeness (QED) is 0.596. The number of rotatable bonds is 7. The summed E-state index contributed by atoms with van der Waals surface area (Å²) in [6.45, 7) is 3.53. The zero-order valence-corrected chi connectivity index (χ0v) is 10.7. The molecule has 1 heterocycles. The first-order valence-electron chi connectivity index (χ1n) is 5.72. The van der Waals surface area contributed by atoms with E-state index in [2.05, 4.69) is 4.98 Å². The highest BCUT2D eigenvalue weighted by Crippen LogP contribution is 1.87. The van der Waals surface area contributed by atoms with Crippen molar-refractivity contribution in [2.75, 3.05) is 33.4 Å². The van der Waals surface area contributed by atoms with Crippen LogP contribution in [0.15, 0.2) is 15.8 Å². The molecule has 7 heteroatoms. The molecule has 0 saturated heterocycles. The average molecular weight is 257 g/mol. The van der Waals surface area contributed by atoms with Crippen molar-refractivity contribution in [1.29, 1.82) is 0 Å². The molecule has 0 spiro atoms. The molecule has 1 aromatic rings. The molecule has 0 aliphatic rings. The first-order chi connectivity index (χ1) is 8.54. The lowest BCUT2D eigenvalue weighted by molar-refractivity contribution is 0.0566.